The minimum atomic E-state index is 0.338. The molecule has 2 aromatic rings. The Kier molecular flexibility index (Phi) is 1.76. The number of para-hydroxylation sites is 1. The number of aromatic nitrogens is 2. The molecule has 1 aromatic heterocycles. The van der Waals surface area contributed by atoms with Gasteiger partial charge in [-0.1, -0.05) is 18.2 Å². The molecule has 1 saturated carbocycles. The molecule has 88 valence electrons. The highest BCUT2D eigenvalue weighted by atomic mass is 15.1. The van der Waals surface area contributed by atoms with Crippen LogP contribution in [0.15, 0.2) is 18.2 Å². The summed E-state index contributed by atoms with van der Waals surface area (Å²) in [6.07, 6.45) is 2.62. The highest BCUT2D eigenvalue weighted by molar-refractivity contribution is 5.85. The summed E-state index contributed by atoms with van der Waals surface area (Å²) in [5.41, 5.74) is 4.14. The number of H-pyrrole nitrogens is 1. The summed E-state index contributed by atoms with van der Waals surface area (Å²) >= 11 is 0. The zero-order chi connectivity index (χ0) is 11.5. The maximum absolute atomic E-state index is 4.63. The summed E-state index contributed by atoms with van der Waals surface area (Å²) in [5, 5.41) is 12.7. The Hall–Kier alpha value is -1.35. The van der Waals surface area contributed by atoms with Gasteiger partial charge in [-0.05, 0) is 37.8 Å². The van der Waals surface area contributed by atoms with Crippen molar-refractivity contribution in [3.05, 3.63) is 29.5 Å². The van der Waals surface area contributed by atoms with Crippen molar-refractivity contribution in [3.63, 3.8) is 0 Å². The number of fused-ring (bicyclic) bond motifs is 2. The minimum Gasteiger partial charge on any atom is -0.316 e. The Morgan fingerprint density at radius 1 is 1.41 bits per heavy atom. The Bertz CT molecular complexity index is 586. The topological polar surface area (TPSA) is 40.7 Å². The summed E-state index contributed by atoms with van der Waals surface area (Å²) in [4.78, 5) is 0. The number of nitrogens with zero attached hydrogens (tertiary/aromatic N) is 1. The first-order chi connectivity index (χ1) is 8.31. The highest BCUT2D eigenvalue weighted by Crippen LogP contribution is 2.57. The van der Waals surface area contributed by atoms with E-state index in [0.29, 0.717) is 5.41 Å². The van der Waals surface area contributed by atoms with E-state index in [4.69, 9.17) is 0 Å². The van der Waals surface area contributed by atoms with E-state index in [0.717, 1.165) is 12.5 Å². The van der Waals surface area contributed by atoms with E-state index >= 15 is 0 Å². The predicted octanol–water partition coefficient (Wildman–Crippen LogP) is 2.12. The van der Waals surface area contributed by atoms with Crippen molar-refractivity contribution in [1.82, 2.24) is 15.5 Å². The van der Waals surface area contributed by atoms with Crippen molar-refractivity contribution in [1.29, 1.82) is 0 Å². The molecule has 3 heteroatoms. The first-order valence-corrected chi connectivity index (χ1v) is 6.46. The average Bonchev–Trinajstić information content (AvgIpc) is 2.93. The van der Waals surface area contributed by atoms with Crippen LogP contribution >= 0.6 is 0 Å². The van der Waals surface area contributed by atoms with E-state index in [9.17, 15) is 0 Å². The Balaban J connectivity index is 1.90. The van der Waals surface area contributed by atoms with Gasteiger partial charge in [0, 0.05) is 17.3 Å². The lowest BCUT2D eigenvalue weighted by Crippen LogP contribution is -2.34. The second kappa shape index (κ2) is 3.10. The lowest BCUT2D eigenvalue weighted by molar-refractivity contribution is 0.441. The van der Waals surface area contributed by atoms with Gasteiger partial charge in [0.2, 0.25) is 0 Å². The van der Waals surface area contributed by atoms with Crippen molar-refractivity contribution in [3.8, 4) is 0 Å². The molecule has 4 rings (SSSR count). The fourth-order valence-corrected chi connectivity index (χ4v) is 3.50. The molecule has 3 nitrogen and oxygen atoms in total. The van der Waals surface area contributed by atoms with Crippen LogP contribution in [0.2, 0.25) is 0 Å². The molecule has 2 atom stereocenters. The van der Waals surface area contributed by atoms with Crippen molar-refractivity contribution in [2.24, 2.45) is 5.92 Å². The number of aromatic amines is 1. The fourth-order valence-electron chi connectivity index (χ4n) is 3.50. The minimum absolute atomic E-state index is 0.338. The van der Waals surface area contributed by atoms with E-state index in [1.165, 1.54) is 41.5 Å². The maximum Gasteiger partial charge on any atom is 0.0778 e. The van der Waals surface area contributed by atoms with Gasteiger partial charge in [0.1, 0.15) is 0 Å². The van der Waals surface area contributed by atoms with E-state index < -0.39 is 0 Å². The van der Waals surface area contributed by atoms with Crippen molar-refractivity contribution >= 4 is 10.9 Å². The first-order valence-electron chi connectivity index (χ1n) is 6.46. The molecule has 0 amide bonds. The Labute approximate surface area is 101 Å². The Morgan fingerprint density at radius 3 is 3.24 bits per heavy atom. The number of hydrogen-bond acceptors (Lipinski definition) is 2. The van der Waals surface area contributed by atoms with Gasteiger partial charge in [0.05, 0.1) is 11.2 Å². The van der Waals surface area contributed by atoms with E-state index in [1.54, 1.807) is 0 Å². The standard InChI is InChI=1S/C14H17N3/c1-9-3-2-4-11-12(9)16-17-13(11)14-7-10(14)5-6-15-8-14/h2-4,10,15H,5-8H2,1H3,(H,16,17)/t10-,14?/m1/s1. The zero-order valence-corrected chi connectivity index (χ0v) is 10.1. The summed E-state index contributed by atoms with van der Waals surface area (Å²) in [6, 6.07) is 6.49. The van der Waals surface area contributed by atoms with Crippen LogP contribution in [0.3, 0.4) is 0 Å². The van der Waals surface area contributed by atoms with Crippen LogP contribution in [0.1, 0.15) is 24.1 Å². The van der Waals surface area contributed by atoms with Crippen LogP contribution in [-0.2, 0) is 5.41 Å². The monoisotopic (exact) mass is 227 g/mol. The second-order valence-corrected chi connectivity index (χ2v) is 5.59. The highest BCUT2D eigenvalue weighted by Gasteiger charge is 2.58. The molecule has 0 bridgehead atoms. The first kappa shape index (κ1) is 9.66. The van der Waals surface area contributed by atoms with Crippen molar-refractivity contribution < 1.29 is 0 Å². The van der Waals surface area contributed by atoms with E-state index in [1.807, 2.05) is 0 Å². The van der Waals surface area contributed by atoms with Gasteiger partial charge in [-0.2, -0.15) is 5.10 Å². The molecular formula is C14H17N3. The summed E-state index contributed by atoms with van der Waals surface area (Å²) in [7, 11) is 0. The molecule has 2 fully saturated rings. The van der Waals surface area contributed by atoms with Gasteiger partial charge in [0.25, 0.3) is 0 Å². The summed E-state index contributed by atoms with van der Waals surface area (Å²) < 4.78 is 0. The summed E-state index contributed by atoms with van der Waals surface area (Å²) in [5.74, 6) is 0.857. The average molecular weight is 227 g/mol. The van der Waals surface area contributed by atoms with Crippen LogP contribution in [-0.4, -0.2) is 23.3 Å². The SMILES string of the molecule is Cc1cccc2c(C34CNCC[C@@H]3C4)n[nH]c12. The third-order valence-electron chi connectivity index (χ3n) is 4.62. The lowest BCUT2D eigenvalue weighted by atomic mass is 9.92. The number of piperidine rings is 1. The van der Waals surface area contributed by atoms with Gasteiger partial charge < -0.3 is 5.32 Å². The zero-order valence-electron chi connectivity index (χ0n) is 10.1. The lowest BCUT2D eigenvalue weighted by Gasteiger charge is -2.21. The van der Waals surface area contributed by atoms with Crippen LogP contribution < -0.4 is 5.32 Å². The molecule has 1 unspecified atom stereocenters. The molecule has 1 aliphatic heterocycles. The van der Waals surface area contributed by atoms with Crippen LogP contribution in [0.25, 0.3) is 10.9 Å². The molecule has 0 spiro atoms. The fraction of sp³-hybridized carbons (Fsp3) is 0.500. The predicted molar refractivity (Wildman–Crippen MR) is 68.1 cm³/mol. The van der Waals surface area contributed by atoms with Gasteiger partial charge in [-0.3, -0.25) is 5.10 Å². The van der Waals surface area contributed by atoms with Crippen molar-refractivity contribution in [2.75, 3.05) is 13.1 Å². The number of benzene rings is 1. The van der Waals surface area contributed by atoms with Crippen LogP contribution in [0, 0.1) is 12.8 Å². The van der Waals surface area contributed by atoms with Gasteiger partial charge in [-0.25, -0.2) is 0 Å². The van der Waals surface area contributed by atoms with Crippen LogP contribution in [0.5, 0.6) is 0 Å². The van der Waals surface area contributed by atoms with Gasteiger partial charge in [0.15, 0.2) is 0 Å². The molecule has 1 saturated heterocycles. The molecule has 1 aromatic carbocycles. The second-order valence-electron chi connectivity index (χ2n) is 5.59. The summed E-state index contributed by atoms with van der Waals surface area (Å²) in [6.45, 7) is 4.42. The smallest absolute Gasteiger partial charge is 0.0778 e. The third kappa shape index (κ3) is 1.18. The number of rotatable bonds is 1. The molecule has 0 radical (unpaired) electrons. The molecule has 2 N–H and O–H groups in total. The molecule has 2 aliphatic rings. The quantitative estimate of drug-likeness (QED) is 0.783. The third-order valence-corrected chi connectivity index (χ3v) is 4.62. The van der Waals surface area contributed by atoms with E-state index in [-0.39, 0.29) is 0 Å². The van der Waals surface area contributed by atoms with Gasteiger partial charge >= 0.3 is 0 Å². The van der Waals surface area contributed by atoms with Crippen LogP contribution in [0.4, 0.5) is 0 Å². The van der Waals surface area contributed by atoms with Crippen molar-refractivity contribution in [2.45, 2.75) is 25.2 Å². The molecule has 17 heavy (non-hydrogen) atoms. The largest absolute Gasteiger partial charge is 0.316 e. The number of hydrogen-bond donors (Lipinski definition) is 2. The number of aryl methyl sites for hydroxylation is 1. The number of nitrogens with one attached hydrogen (secondary N) is 2. The maximum atomic E-state index is 4.63. The molecule has 2 heterocycles. The molecular weight excluding hydrogens is 210 g/mol. The normalized spacial score (nSPS) is 31.5. The molecule has 1 aliphatic carbocycles. The Morgan fingerprint density at radius 2 is 2.35 bits per heavy atom. The van der Waals surface area contributed by atoms with Gasteiger partial charge in [-0.15, -0.1) is 0 Å². The van der Waals surface area contributed by atoms with E-state index in [2.05, 4.69) is 40.6 Å².